The third kappa shape index (κ3) is 6.21. The molecule has 0 bridgehead atoms. The van der Waals surface area contributed by atoms with Crippen LogP contribution in [0.4, 0.5) is 4.79 Å². The summed E-state index contributed by atoms with van der Waals surface area (Å²) in [5.74, 6) is -1.91. The molecule has 136 valence electrons. The predicted octanol–water partition coefficient (Wildman–Crippen LogP) is -3.34. The zero-order valence-electron chi connectivity index (χ0n) is 15.4. The summed E-state index contributed by atoms with van der Waals surface area (Å²) in [6.45, 7) is 6.14. The molecule has 1 aliphatic carbocycles. The van der Waals surface area contributed by atoms with E-state index in [1.165, 1.54) is 0 Å². The van der Waals surface area contributed by atoms with Gasteiger partial charge in [0.05, 0.1) is 18.7 Å². The average molecular weight is 348 g/mol. The van der Waals surface area contributed by atoms with Gasteiger partial charge in [-0.1, -0.05) is 0 Å². The van der Waals surface area contributed by atoms with Crippen molar-refractivity contribution in [1.29, 1.82) is 0 Å². The van der Waals surface area contributed by atoms with Crippen molar-refractivity contribution < 1.29 is 47.8 Å². The maximum atomic E-state index is 12.1. The molecular weight excluding hydrogens is 323 g/mol. The smallest absolute Gasteiger partial charge is 0.550 e. The van der Waals surface area contributed by atoms with Gasteiger partial charge >= 0.3 is 25.0 Å². The second-order valence-corrected chi connectivity index (χ2v) is 7.29. The number of alkyl carbamates (subject to hydrolysis) is 1. The first kappa shape index (κ1) is 21.8. The molecule has 1 saturated carbocycles. The molecular formula is C16H25LiN2O6. The number of morpholine rings is 1. The monoisotopic (exact) mass is 348 g/mol. The van der Waals surface area contributed by atoms with Gasteiger partial charge in [0.15, 0.2) is 0 Å². The van der Waals surface area contributed by atoms with Crippen LogP contribution in [0.25, 0.3) is 0 Å². The molecule has 25 heavy (non-hydrogen) atoms. The molecule has 0 aromatic carbocycles. The number of carbonyl (C=O) groups is 3. The largest absolute Gasteiger partial charge is 1.00 e. The predicted molar refractivity (Wildman–Crippen MR) is 81.8 cm³/mol. The number of nitrogens with zero attached hydrogens (tertiary/aromatic N) is 1. The first-order valence-corrected chi connectivity index (χ1v) is 8.25. The van der Waals surface area contributed by atoms with E-state index in [9.17, 15) is 19.5 Å². The Kier molecular flexibility index (Phi) is 7.79. The van der Waals surface area contributed by atoms with Crippen LogP contribution in [-0.2, 0) is 19.1 Å². The van der Waals surface area contributed by atoms with Crippen molar-refractivity contribution in [3.05, 3.63) is 0 Å². The second-order valence-electron chi connectivity index (χ2n) is 7.29. The normalized spacial score (nSPS) is 27.2. The third-order valence-electron chi connectivity index (χ3n) is 4.27. The van der Waals surface area contributed by atoms with Gasteiger partial charge in [0, 0.05) is 18.4 Å². The van der Waals surface area contributed by atoms with Crippen LogP contribution in [0.2, 0.25) is 0 Å². The van der Waals surface area contributed by atoms with Gasteiger partial charge in [0.25, 0.3) is 0 Å². The zero-order chi connectivity index (χ0) is 17.9. The van der Waals surface area contributed by atoms with Crippen LogP contribution in [-0.4, -0.2) is 60.3 Å². The van der Waals surface area contributed by atoms with Crippen molar-refractivity contribution in [2.75, 3.05) is 19.8 Å². The fourth-order valence-corrected chi connectivity index (χ4v) is 3.24. The van der Waals surface area contributed by atoms with Crippen molar-refractivity contribution >= 4 is 18.0 Å². The van der Waals surface area contributed by atoms with Crippen LogP contribution in [0.3, 0.4) is 0 Å². The van der Waals surface area contributed by atoms with Crippen LogP contribution in [0.5, 0.6) is 0 Å². The summed E-state index contributed by atoms with van der Waals surface area (Å²) in [5, 5.41) is 13.9. The fraction of sp³-hybridized carbons (Fsp3) is 0.812. The van der Waals surface area contributed by atoms with E-state index in [1.54, 1.807) is 25.7 Å². The summed E-state index contributed by atoms with van der Waals surface area (Å²) in [4.78, 5) is 37.1. The van der Waals surface area contributed by atoms with Crippen LogP contribution >= 0.6 is 0 Å². The molecule has 1 heterocycles. The van der Waals surface area contributed by atoms with Gasteiger partial charge in [0.1, 0.15) is 12.2 Å². The topological polar surface area (TPSA) is 108 Å². The number of carboxylic acid groups (broad SMARTS) is 1. The number of rotatable bonds is 3. The molecule has 2 fully saturated rings. The van der Waals surface area contributed by atoms with Crippen LogP contribution in [0, 0.1) is 5.92 Å². The molecule has 2 rings (SSSR count). The van der Waals surface area contributed by atoms with Crippen LogP contribution in [0.15, 0.2) is 0 Å². The van der Waals surface area contributed by atoms with Crippen molar-refractivity contribution in [2.45, 2.75) is 57.7 Å². The van der Waals surface area contributed by atoms with Crippen molar-refractivity contribution in [3.8, 4) is 0 Å². The molecule has 0 unspecified atom stereocenters. The van der Waals surface area contributed by atoms with Gasteiger partial charge < -0.3 is 29.6 Å². The Morgan fingerprint density at radius 3 is 2.56 bits per heavy atom. The molecule has 9 heteroatoms. The number of carbonyl (C=O) groups excluding carboxylic acids is 3. The quantitative estimate of drug-likeness (QED) is 0.534. The summed E-state index contributed by atoms with van der Waals surface area (Å²) in [6.07, 6.45) is 0.517. The molecule has 2 amide bonds. The molecule has 1 N–H and O–H groups in total. The molecule has 0 radical (unpaired) electrons. The first-order chi connectivity index (χ1) is 11.2. The maximum absolute atomic E-state index is 12.1. The number of nitrogens with one attached hydrogen (secondary N) is 1. The standard InChI is InChI=1S/C16H26N2O6.Li/c1-16(2,3)24-15(22)17-11-8-10(14(20)21)4-5-12(11)18-6-7-23-9-13(18)19;/h10-12H,4-9H2,1-3H3,(H,17,22)(H,20,21);/q;+1/p-1/t10-,11+,12-;/m0./s1. The van der Waals surface area contributed by atoms with Crippen LogP contribution < -0.4 is 29.3 Å². The minimum atomic E-state index is -1.13. The Morgan fingerprint density at radius 1 is 1.32 bits per heavy atom. The Labute approximate surface area is 159 Å². The van der Waals surface area contributed by atoms with Crippen molar-refractivity contribution in [1.82, 2.24) is 10.2 Å². The molecule has 1 saturated heterocycles. The summed E-state index contributed by atoms with van der Waals surface area (Å²) < 4.78 is 10.4. The summed E-state index contributed by atoms with van der Waals surface area (Å²) in [6, 6.07) is -0.747. The van der Waals surface area contributed by atoms with E-state index in [2.05, 4.69) is 5.32 Å². The fourth-order valence-electron chi connectivity index (χ4n) is 3.24. The van der Waals surface area contributed by atoms with Gasteiger partial charge in [-0.2, -0.15) is 0 Å². The third-order valence-corrected chi connectivity index (χ3v) is 4.27. The zero-order valence-corrected chi connectivity index (χ0v) is 15.4. The van der Waals surface area contributed by atoms with Gasteiger partial charge in [-0.3, -0.25) is 4.79 Å². The van der Waals surface area contributed by atoms with E-state index >= 15 is 0 Å². The van der Waals surface area contributed by atoms with Crippen molar-refractivity contribution in [2.24, 2.45) is 5.92 Å². The van der Waals surface area contributed by atoms with E-state index < -0.39 is 29.6 Å². The number of ether oxygens (including phenoxy) is 2. The van der Waals surface area contributed by atoms with Gasteiger partial charge in [-0.15, -0.1) is 0 Å². The molecule has 2 aliphatic rings. The number of carboxylic acids is 1. The molecule has 0 aromatic rings. The molecule has 8 nitrogen and oxygen atoms in total. The maximum Gasteiger partial charge on any atom is 1.00 e. The van der Waals surface area contributed by atoms with Crippen LogP contribution in [0.1, 0.15) is 40.0 Å². The van der Waals surface area contributed by atoms with E-state index in [0.29, 0.717) is 26.0 Å². The minimum Gasteiger partial charge on any atom is -0.550 e. The van der Waals surface area contributed by atoms with Gasteiger partial charge in [-0.25, -0.2) is 4.79 Å². The summed E-state index contributed by atoms with van der Waals surface area (Å²) in [7, 11) is 0. The molecule has 0 aromatic heterocycles. The Morgan fingerprint density at radius 2 is 2.00 bits per heavy atom. The molecule has 0 spiro atoms. The summed E-state index contributed by atoms with van der Waals surface area (Å²) in [5.41, 5.74) is -0.656. The van der Waals surface area contributed by atoms with E-state index in [-0.39, 0.29) is 43.8 Å². The average Bonchev–Trinajstić information content (AvgIpc) is 2.46. The Hall–Kier alpha value is -1.23. The molecule has 1 aliphatic heterocycles. The molecule has 3 atom stereocenters. The Bertz CT molecular complexity index is 507. The summed E-state index contributed by atoms with van der Waals surface area (Å²) >= 11 is 0. The minimum absolute atomic E-state index is 0. The van der Waals surface area contributed by atoms with Gasteiger partial charge in [0.2, 0.25) is 5.91 Å². The second kappa shape index (κ2) is 8.92. The van der Waals surface area contributed by atoms with E-state index in [1.807, 2.05) is 0 Å². The SMILES string of the molecule is CC(C)(C)OC(=O)N[C@@H]1C[C@@H](C(=O)[O-])CC[C@@H]1N1CCOCC1=O.[Li+]. The van der Waals surface area contributed by atoms with Crippen molar-refractivity contribution in [3.63, 3.8) is 0 Å². The van der Waals surface area contributed by atoms with Gasteiger partial charge in [-0.05, 0) is 40.0 Å². The van der Waals surface area contributed by atoms with E-state index in [0.717, 1.165) is 0 Å². The number of amides is 2. The number of aliphatic carboxylic acids is 1. The number of hydrogen-bond acceptors (Lipinski definition) is 6. The van der Waals surface area contributed by atoms with E-state index in [4.69, 9.17) is 9.47 Å². The Balaban J connectivity index is 0.00000312. The first-order valence-electron chi connectivity index (χ1n) is 8.25. The number of hydrogen-bond donors (Lipinski definition) is 1.